The van der Waals surface area contributed by atoms with Gasteiger partial charge in [0.1, 0.15) is 16.8 Å². The molecular weight excluding hydrogens is 541 g/mol. The lowest BCUT2D eigenvalue weighted by molar-refractivity contribution is -0.126. The van der Waals surface area contributed by atoms with Crippen molar-refractivity contribution in [3.63, 3.8) is 0 Å². The van der Waals surface area contributed by atoms with Crippen LogP contribution in [0.5, 0.6) is 0 Å². The molecule has 0 spiro atoms. The van der Waals surface area contributed by atoms with E-state index in [9.17, 15) is 27.5 Å². The van der Waals surface area contributed by atoms with Gasteiger partial charge in [-0.1, -0.05) is 43.6 Å². The molecule has 12 heteroatoms. The molecule has 2 aromatic carbocycles. The van der Waals surface area contributed by atoms with Crippen molar-refractivity contribution in [1.82, 2.24) is 15.4 Å². The van der Waals surface area contributed by atoms with Crippen LogP contribution in [-0.2, 0) is 14.8 Å². The number of amides is 2. The second-order valence-electron chi connectivity index (χ2n) is 8.80. The zero-order chi connectivity index (χ0) is 27.2. The summed E-state index contributed by atoms with van der Waals surface area (Å²) in [7, 11) is -3.91. The van der Waals surface area contributed by atoms with Crippen LogP contribution in [0.1, 0.15) is 36.4 Å². The molecule has 8 nitrogen and oxygen atoms in total. The van der Waals surface area contributed by atoms with Crippen LogP contribution < -0.4 is 15.4 Å². The third kappa shape index (κ3) is 7.71. The van der Waals surface area contributed by atoms with E-state index in [-0.39, 0.29) is 28.9 Å². The highest BCUT2D eigenvalue weighted by Gasteiger charge is 2.31. The maximum atomic E-state index is 13.2. The maximum absolute atomic E-state index is 13.2. The van der Waals surface area contributed by atoms with Crippen molar-refractivity contribution < 1.29 is 27.5 Å². The Labute approximate surface area is 224 Å². The van der Waals surface area contributed by atoms with Crippen LogP contribution in [0.15, 0.2) is 53.4 Å². The number of rotatable bonds is 12. The second kappa shape index (κ2) is 12.8. The standard InChI is InChI=1S/C25H29ClFN3O5S2/c1-15(2)23(31)22(30-24(32)20-13-16-7-3-4-8-19(16)36-20)25(33)28-11-5-6-12-29-37(34,35)21-10-9-17(27)14-18(21)26/h3-4,7-10,13-15,22-23,29,31H,5-6,11-12H2,1-2H3,(H,28,33)(H,30,32)/t22-,23-/m0/s1. The molecule has 3 rings (SSSR count). The summed E-state index contributed by atoms with van der Waals surface area (Å²) in [5.74, 6) is -1.91. The Morgan fingerprint density at radius 1 is 1.08 bits per heavy atom. The molecule has 0 radical (unpaired) electrons. The number of benzene rings is 2. The molecule has 0 unspecified atom stereocenters. The molecule has 0 bridgehead atoms. The molecule has 200 valence electrons. The molecule has 4 N–H and O–H groups in total. The molecule has 3 aromatic rings. The number of aliphatic hydroxyl groups excluding tert-OH is 1. The van der Waals surface area contributed by atoms with E-state index in [1.54, 1.807) is 19.9 Å². The number of carbonyl (C=O) groups excluding carboxylic acids is 2. The molecule has 2 amide bonds. The molecule has 0 aliphatic carbocycles. The molecule has 0 saturated heterocycles. The predicted molar refractivity (Wildman–Crippen MR) is 143 cm³/mol. The molecule has 0 aliphatic heterocycles. The average Bonchev–Trinajstić information content (AvgIpc) is 3.28. The lowest BCUT2D eigenvalue weighted by Crippen LogP contribution is -2.54. The van der Waals surface area contributed by atoms with Gasteiger partial charge in [0.15, 0.2) is 0 Å². The first-order chi connectivity index (χ1) is 17.5. The fourth-order valence-corrected chi connectivity index (χ4v) is 6.12. The number of hydrogen-bond donors (Lipinski definition) is 4. The van der Waals surface area contributed by atoms with Gasteiger partial charge < -0.3 is 15.7 Å². The number of halogens is 2. The zero-order valence-corrected chi connectivity index (χ0v) is 22.7. The van der Waals surface area contributed by atoms with E-state index in [2.05, 4.69) is 15.4 Å². The fraction of sp³-hybridized carbons (Fsp3) is 0.360. The van der Waals surface area contributed by atoms with E-state index in [0.29, 0.717) is 17.7 Å². The van der Waals surface area contributed by atoms with Crippen molar-refractivity contribution in [2.75, 3.05) is 13.1 Å². The van der Waals surface area contributed by atoms with Crippen LogP contribution in [0.4, 0.5) is 4.39 Å². The van der Waals surface area contributed by atoms with Gasteiger partial charge in [0.05, 0.1) is 16.0 Å². The van der Waals surface area contributed by atoms with Gasteiger partial charge in [-0.25, -0.2) is 17.5 Å². The monoisotopic (exact) mass is 569 g/mol. The topological polar surface area (TPSA) is 125 Å². The summed E-state index contributed by atoms with van der Waals surface area (Å²) in [6.45, 7) is 3.77. The van der Waals surface area contributed by atoms with Gasteiger partial charge in [-0.15, -0.1) is 11.3 Å². The van der Waals surface area contributed by atoms with E-state index >= 15 is 0 Å². The Morgan fingerprint density at radius 3 is 2.46 bits per heavy atom. The van der Waals surface area contributed by atoms with Crippen molar-refractivity contribution in [3.8, 4) is 0 Å². The van der Waals surface area contributed by atoms with Crippen LogP contribution in [0.2, 0.25) is 5.02 Å². The summed E-state index contributed by atoms with van der Waals surface area (Å²) in [6, 6.07) is 11.2. The molecule has 2 atom stereocenters. The summed E-state index contributed by atoms with van der Waals surface area (Å²) in [5, 5.41) is 16.6. The van der Waals surface area contributed by atoms with Crippen molar-refractivity contribution in [3.05, 3.63) is 64.2 Å². The molecule has 37 heavy (non-hydrogen) atoms. The molecular formula is C25H29ClFN3O5S2. The predicted octanol–water partition coefficient (Wildman–Crippen LogP) is 3.68. The fourth-order valence-electron chi connectivity index (χ4n) is 3.55. The Bertz CT molecular complexity index is 1330. The summed E-state index contributed by atoms with van der Waals surface area (Å²) < 4.78 is 41.2. The van der Waals surface area contributed by atoms with Gasteiger partial charge in [0, 0.05) is 17.8 Å². The van der Waals surface area contributed by atoms with Crippen LogP contribution in [-0.4, -0.2) is 50.6 Å². The summed E-state index contributed by atoms with van der Waals surface area (Å²) in [5.41, 5.74) is 0. The first kappa shape index (κ1) is 29.0. The van der Waals surface area contributed by atoms with Gasteiger partial charge in [-0.2, -0.15) is 0 Å². The van der Waals surface area contributed by atoms with E-state index in [1.807, 2.05) is 24.3 Å². The molecule has 1 heterocycles. The van der Waals surface area contributed by atoms with Gasteiger partial charge >= 0.3 is 0 Å². The van der Waals surface area contributed by atoms with Crippen LogP contribution in [0.25, 0.3) is 10.1 Å². The third-order valence-electron chi connectivity index (χ3n) is 5.62. The van der Waals surface area contributed by atoms with Crippen molar-refractivity contribution in [2.24, 2.45) is 5.92 Å². The highest BCUT2D eigenvalue weighted by atomic mass is 35.5. The first-order valence-electron chi connectivity index (χ1n) is 11.7. The number of aliphatic hydroxyl groups is 1. The Balaban J connectivity index is 1.51. The van der Waals surface area contributed by atoms with E-state index in [4.69, 9.17) is 11.6 Å². The Kier molecular flexibility index (Phi) is 10.0. The third-order valence-corrected chi connectivity index (χ3v) is 8.68. The van der Waals surface area contributed by atoms with Crippen LogP contribution in [0.3, 0.4) is 0 Å². The summed E-state index contributed by atoms with van der Waals surface area (Å²) >= 11 is 7.13. The van der Waals surface area contributed by atoms with Gasteiger partial charge in [-0.05, 0) is 54.5 Å². The number of thiophene rings is 1. The minimum atomic E-state index is -3.91. The van der Waals surface area contributed by atoms with Gasteiger partial charge in [0.2, 0.25) is 15.9 Å². The largest absolute Gasteiger partial charge is 0.390 e. The minimum Gasteiger partial charge on any atom is -0.390 e. The van der Waals surface area contributed by atoms with Crippen LogP contribution in [0, 0.1) is 11.7 Å². The number of hydrogen-bond acceptors (Lipinski definition) is 6. The Morgan fingerprint density at radius 2 is 1.78 bits per heavy atom. The van der Waals surface area contributed by atoms with E-state index < -0.39 is 39.8 Å². The lowest BCUT2D eigenvalue weighted by Gasteiger charge is -2.25. The Hall–Kier alpha value is -2.57. The lowest BCUT2D eigenvalue weighted by atomic mass is 9.98. The van der Waals surface area contributed by atoms with E-state index in [1.165, 1.54) is 11.3 Å². The SMILES string of the molecule is CC(C)[C@H](O)[C@H](NC(=O)c1cc2ccccc2s1)C(=O)NCCCCNS(=O)(=O)c1ccc(F)cc1Cl. The number of nitrogens with one attached hydrogen (secondary N) is 3. The summed E-state index contributed by atoms with van der Waals surface area (Å²) in [6.07, 6.45) is -0.282. The van der Waals surface area contributed by atoms with Gasteiger partial charge in [-0.3, -0.25) is 9.59 Å². The quantitative estimate of drug-likeness (QED) is 0.248. The average molecular weight is 570 g/mol. The van der Waals surface area contributed by atoms with Crippen LogP contribution >= 0.6 is 22.9 Å². The second-order valence-corrected chi connectivity index (χ2v) is 12.0. The summed E-state index contributed by atoms with van der Waals surface area (Å²) in [4.78, 5) is 25.9. The molecule has 0 aliphatic rings. The molecule has 0 saturated carbocycles. The smallest absolute Gasteiger partial charge is 0.262 e. The number of unbranched alkanes of at least 4 members (excludes halogenated alkanes) is 1. The van der Waals surface area contributed by atoms with Crippen molar-refractivity contribution in [2.45, 2.75) is 43.7 Å². The zero-order valence-electron chi connectivity index (χ0n) is 20.3. The van der Waals surface area contributed by atoms with Crippen molar-refractivity contribution >= 4 is 54.9 Å². The number of sulfonamides is 1. The van der Waals surface area contributed by atoms with Crippen molar-refractivity contribution in [1.29, 1.82) is 0 Å². The maximum Gasteiger partial charge on any atom is 0.262 e. The first-order valence-corrected chi connectivity index (χ1v) is 14.4. The minimum absolute atomic E-state index is 0.0760. The highest BCUT2D eigenvalue weighted by Crippen LogP contribution is 2.25. The molecule has 1 aromatic heterocycles. The van der Waals surface area contributed by atoms with E-state index in [0.717, 1.165) is 28.3 Å². The molecule has 0 fully saturated rings. The normalized spacial score (nSPS) is 13.5. The highest BCUT2D eigenvalue weighted by molar-refractivity contribution is 7.89. The van der Waals surface area contributed by atoms with Gasteiger partial charge in [0.25, 0.3) is 5.91 Å². The number of carbonyl (C=O) groups is 2. The number of fused-ring (bicyclic) bond motifs is 1.